The molecule has 3 aromatic rings. The predicted octanol–water partition coefficient (Wildman–Crippen LogP) is 9.71. The number of hydrogen-bond donors (Lipinski definition) is 2. The van der Waals surface area contributed by atoms with Gasteiger partial charge in [0.15, 0.2) is 8.32 Å². The largest absolute Gasteiger partial charge is 0.481 e. The van der Waals surface area contributed by atoms with Crippen LogP contribution in [0.5, 0.6) is 0 Å². The Bertz CT molecular complexity index is 1420. The first-order chi connectivity index (χ1) is 22.8. The number of hydrogen-bond acceptors (Lipinski definition) is 5. The minimum absolute atomic E-state index is 0.0106. The molecule has 48 heavy (non-hydrogen) atoms. The van der Waals surface area contributed by atoms with Crippen LogP contribution in [0.25, 0.3) is 11.1 Å². The molecule has 6 nitrogen and oxygen atoms in total. The van der Waals surface area contributed by atoms with Gasteiger partial charge in [0.1, 0.15) is 6.10 Å². The highest BCUT2D eigenvalue weighted by Gasteiger charge is 2.45. The molecule has 7 heteroatoms. The van der Waals surface area contributed by atoms with Gasteiger partial charge in [-0.25, -0.2) is 4.79 Å². The van der Waals surface area contributed by atoms with Crippen LogP contribution >= 0.6 is 0 Å². The van der Waals surface area contributed by atoms with Crippen LogP contribution in [0.15, 0.2) is 84.9 Å². The molecule has 0 aromatic heterocycles. The summed E-state index contributed by atoms with van der Waals surface area (Å²) in [4.78, 5) is 24.4. The van der Waals surface area contributed by atoms with Gasteiger partial charge in [-0.05, 0) is 85.0 Å². The van der Waals surface area contributed by atoms with Gasteiger partial charge in [0, 0.05) is 24.9 Å². The van der Waals surface area contributed by atoms with Gasteiger partial charge in [-0.2, -0.15) is 0 Å². The molecule has 0 radical (unpaired) electrons. The first kappa shape index (κ1) is 37.6. The lowest BCUT2D eigenvalue weighted by molar-refractivity contribution is -0.137. The molecular formula is C41H56O6Si. The third-order valence-electron chi connectivity index (χ3n) is 10.6. The van der Waals surface area contributed by atoms with Crippen LogP contribution < -0.4 is 0 Å². The zero-order valence-electron chi connectivity index (χ0n) is 29.6. The average Bonchev–Trinajstić information content (AvgIpc) is 3.34. The molecule has 0 amide bonds. The van der Waals surface area contributed by atoms with Gasteiger partial charge in [0.05, 0.1) is 11.7 Å². The summed E-state index contributed by atoms with van der Waals surface area (Å²) in [6.45, 7) is 11.4. The lowest BCUT2D eigenvalue weighted by Crippen LogP contribution is -2.44. The average molecular weight is 673 g/mol. The Hall–Kier alpha value is -3.26. The number of esters is 1. The topological polar surface area (TPSA) is 93.1 Å². The van der Waals surface area contributed by atoms with Gasteiger partial charge < -0.3 is 19.4 Å². The van der Waals surface area contributed by atoms with E-state index in [4.69, 9.17) is 14.3 Å². The number of carboxylic acids is 1. The summed E-state index contributed by atoms with van der Waals surface area (Å²) in [5, 5.41) is 20.6. The molecule has 2 N–H and O–H groups in total. The Morgan fingerprint density at radius 1 is 0.812 bits per heavy atom. The van der Waals surface area contributed by atoms with Crippen LogP contribution in [0.1, 0.15) is 94.5 Å². The van der Waals surface area contributed by atoms with Crippen LogP contribution in [-0.4, -0.2) is 48.8 Å². The van der Waals surface area contributed by atoms with Gasteiger partial charge in [-0.3, -0.25) is 4.79 Å². The van der Waals surface area contributed by atoms with Gasteiger partial charge >= 0.3 is 11.9 Å². The van der Waals surface area contributed by atoms with E-state index in [0.29, 0.717) is 18.4 Å². The molecule has 4 rings (SSSR count). The van der Waals surface area contributed by atoms with E-state index in [1.165, 1.54) is 5.56 Å². The fourth-order valence-corrected chi connectivity index (χ4v) is 8.17. The van der Waals surface area contributed by atoms with E-state index >= 15 is 0 Å². The van der Waals surface area contributed by atoms with Gasteiger partial charge in [0.2, 0.25) is 0 Å². The lowest BCUT2D eigenvalue weighted by Gasteiger charge is -2.40. The van der Waals surface area contributed by atoms with Crippen molar-refractivity contribution < 1.29 is 29.0 Å². The number of ether oxygens (including phenoxy) is 1. The van der Waals surface area contributed by atoms with Crippen LogP contribution in [0.4, 0.5) is 0 Å². The number of carbonyl (C=O) groups is 2. The fraction of sp³-hybridized carbons (Fsp3) is 0.512. The predicted molar refractivity (Wildman–Crippen MR) is 195 cm³/mol. The molecule has 0 heterocycles. The van der Waals surface area contributed by atoms with Crippen molar-refractivity contribution in [3.63, 3.8) is 0 Å². The normalized spacial score (nSPS) is 20.4. The number of aliphatic hydroxyl groups is 1. The molecule has 0 bridgehead atoms. The quantitative estimate of drug-likeness (QED) is 0.0843. The molecule has 0 aliphatic heterocycles. The van der Waals surface area contributed by atoms with Crippen molar-refractivity contribution in [3.05, 3.63) is 96.1 Å². The maximum absolute atomic E-state index is 13.4. The summed E-state index contributed by atoms with van der Waals surface area (Å²) in [7, 11) is -2.05. The number of aliphatic carboxylic acids is 1. The Labute approximate surface area is 289 Å². The summed E-state index contributed by atoms with van der Waals surface area (Å²) in [5.41, 5.74) is 3.88. The number of aliphatic hydroxyl groups excluding tert-OH is 1. The molecule has 3 aromatic carbocycles. The molecule has 1 saturated carbocycles. The number of carbonyl (C=O) groups excluding carboxylic acids is 1. The monoisotopic (exact) mass is 672 g/mol. The second-order valence-corrected chi connectivity index (χ2v) is 19.9. The molecule has 1 aliphatic carbocycles. The van der Waals surface area contributed by atoms with E-state index in [2.05, 4.69) is 58.1 Å². The SMILES string of the molecule is CC(C)(C)[Si](C)(C)OC(CC[C@H]1C(O)C[C@H](OC(=O)c2ccc(-c3ccccc3)cc2)[C@@H]1CCCCCCC(=O)O)Cc1ccccc1. The molecule has 5 atom stereocenters. The Kier molecular flexibility index (Phi) is 13.6. The third kappa shape index (κ3) is 10.9. The first-order valence-electron chi connectivity index (χ1n) is 17.8. The highest BCUT2D eigenvalue weighted by atomic mass is 28.4. The van der Waals surface area contributed by atoms with Gasteiger partial charge in [-0.15, -0.1) is 0 Å². The number of benzene rings is 3. The molecular weight excluding hydrogens is 617 g/mol. The first-order valence-corrected chi connectivity index (χ1v) is 20.7. The smallest absolute Gasteiger partial charge is 0.338 e. The second kappa shape index (κ2) is 17.4. The zero-order chi connectivity index (χ0) is 34.7. The standard InChI is InChI=1S/C41H56O6Si/c1-41(2,3)48(4,5)47-34(28-30-16-10-8-11-17-30)26-27-35-36(20-14-6-7-15-21-39(43)44)38(29-37(35)42)46-40(45)33-24-22-32(23-25-33)31-18-12-9-13-19-31/h8-13,16-19,22-25,34-38,42H,6-7,14-15,20-21,26-29H2,1-5H3,(H,43,44)/t34?,35-,36-,37?,38+/m1/s1. The number of rotatable bonds is 17. The molecule has 1 fully saturated rings. The van der Waals surface area contributed by atoms with Crippen molar-refractivity contribution in [2.75, 3.05) is 0 Å². The van der Waals surface area contributed by atoms with Crippen LogP contribution in [0.2, 0.25) is 18.1 Å². The van der Waals surface area contributed by atoms with Gasteiger partial charge in [0.25, 0.3) is 0 Å². The summed E-state index contributed by atoms with van der Waals surface area (Å²) < 4.78 is 13.2. The molecule has 0 saturated heterocycles. The van der Waals surface area contributed by atoms with Crippen molar-refractivity contribution in [2.24, 2.45) is 11.8 Å². The summed E-state index contributed by atoms with van der Waals surface area (Å²) in [6, 6.07) is 28.1. The lowest BCUT2D eigenvalue weighted by atomic mass is 9.84. The van der Waals surface area contributed by atoms with E-state index in [9.17, 15) is 14.7 Å². The molecule has 0 spiro atoms. The summed E-state index contributed by atoms with van der Waals surface area (Å²) >= 11 is 0. The maximum atomic E-state index is 13.4. The van der Waals surface area contributed by atoms with E-state index in [0.717, 1.165) is 56.1 Å². The minimum atomic E-state index is -2.05. The van der Waals surface area contributed by atoms with Crippen LogP contribution in [0, 0.1) is 11.8 Å². The van der Waals surface area contributed by atoms with Crippen molar-refractivity contribution in [1.82, 2.24) is 0 Å². The molecule has 1 aliphatic rings. The molecule has 2 unspecified atom stereocenters. The van der Waals surface area contributed by atoms with Crippen molar-refractivity contribution >= 4 is 20.3 Å². The second-order valence-electron chi connectivity index (χ2n) is 15.1. The Morgan fingerprint density at radius 2 is 1.42 bits per heavy atom. The van der Waals surface area contributed by atoms with E-state index in [1.54, 1.807) is 0 Å². The zero-order valence-corrected chi connectivity index (χ0v) is 30.6. The summed E-state index contributed by atoms with van der Waals surface area (Å²) in [5.74, 6) is -1.11. The highest BCUT2D eigenvalue weighted by Crippen LogP contribution is 2.43. The fourth-order valence-electron chi connectivity index (χ4n) is 6.79. The van der Waals surface area contributed by atoms with Crippen molar-refractivity contribution in [3.8, 4) is 11.1 Å². The maximum Gasteiger partial charge on any atom is 0.338 e. The van der Waals surface area contributed by atoms with Crippen LogP contribution in [-0.2, 0) is 20.4 Å². The Morgan fingerprint density at radius 3 is 2.04 bits per heavy atom. The minimum Gasteiger partial charge on any atom is -0.481 e. The van der Waals surface area contributed by atoms with Crippen molar-refractivity contribution in [1.29, 1.82) is 0 Å². The van der Waals surface area contributed by atoms with E-state index < -0.39 is 20.4 Å². The highest BCUT2D eigenvalue weighted by molar-refractivity contribution is 6.74. The van der Waals surface area contributed by atoms with Crippen molar-refractivity contribution in [2.45, 2.75) is 121 Å². The number of carboxylic acid groups (broad SMARTS) is 1. The van der Waals surface area contributed by atoms with Gasteiger partial charge in [-0.1, -0.05) is 113 Å². The van der Waals surface area contributed by atoms with E-state index in [-0.39, 0.29) is 41.5 Å². The number of unbranched alkanes of at least 4 members (excludes halogenated alkanes) is 3. The van der Waals surface area contributed by atoms with E-state index in [1.807, 2.05) is 60.7 Å². The molecule has 260 valence electrons. The Balaban J connectivity index is 1.47. The van der Waals surface area contributed by atoms with Crippen LogP contribution in [0.3, 0.4) is 0 Å². The summed E-state index contributed by atoms with van der Waals surface area (Å²) in [6.07, 6.45) is 6.29. The third-order valence-corrected chi connectivity index (χ3v) is 15.1.